The predicted octanol–water partition coefficient (Wildman–Crippen LogP) is 2.30. The molecule has 4 nitrogen and oxygen atoms in total. The summed E-state index contributed by atoms with van der Waals surface area (Å²) in [5.41, 5.74) is 3.54. The lowest BCUT2D eigenvalue weighted by molar-refractivity contribution is 0.178. The minimum absolute atomic E-state index is 0.547. The topological polar surface area (TPSA) is 58.9 Å². The Morgan fingerprint density at radius 1 is 0.895 bits per heavy atom. The fourth-order valence-corrected chi connectivity index (χ4v) is 2.05. The van der Waals surface area contributed by atoms with Gasteiger partial charge in [-0.3, -0.25) is 15.0 Å². The molecule has 1 aromatic carbocycles. The fourth-order valence-electron chi connectivity index (χ4n) is 2.05. The van der Waals surface area contributed by atoms with Crippen LogP contribution in [0, 0.1) is 0 Å². The lowest BCUT2D eigenvalue weighted by Crippen LogP contribution is -2.02. The van der Waals surface area contributed by atoms with Crippen LogP contribution < -0.4 is 0 Å². The molecule has 19 heavy (non-hydrogen) atoms. The first-order valence-corrected chi connectivity index (χ1v) is 6.10. The highest BCUT2D eigenvalue weighted by molar-refractivity contribution is 5.74. The molecule has 4 heteroatoms. The monoisotopic (exact) mass is 251 g/mol. The van der Waals surface area contributed by atoms with Gasteiger partial charge in [-0.25, -0.2) is 0 Å². The molecule has 0 bridgehead atoms. The maximum Gasteiger partial charge on any atom is 0.0890 e. The molecule has 0 saturated heterocycles. The summed E-state index contributed by atoms with van der Waals surface area (Å²) in [4.78, 5) is 12.4. The smallest absolute Gasteiger partial charge is 0.0890 e. The highest BCUT2D eigenvalue weighted by atomic mass is 16.3. The van der Waals surface area contributed by atoms with Crippen LogP contribution in [0.3, 0.4) is 0 Å². The van der Waals surface area contributed by atoms with Gasteiger partial charge in [-0.1, -0.05) is 6.07 Å². The van der Waals surface area contributed by atoms with Crippen LogP contribution in [0.4, 0.5) is 0 Å². The summed E-state index contributed by atoms with van der Waals surface area (Å²) < 4.78 is 0. The second kappa shape index (κ2) is 5.12. The second-order valence-corrected chi connectivity index (χ2v) is 4.38. The van der Waals surface area contributed by atoms with Gasteiger partial charge in [0.15, 0.2) is 0 Å². The van der Waals surface area contributed by atoms with Crippen molar-refractivity contribution in [3.05, 3.63) is 66.2 Å². The molecule has 3 rings (SSSR count). The van der Waals surface area contributed by atoms with Gasteiger partial charge in [0, 0.05) is 31.2 Å². The Labute approximate surface area is 110 Å². The molecular weight excluding hydrogens is 238 g/mol. The number of rotatable bonds is 3. The maximum absolute atomic E-state index is 10.3. The Morgan fingerprint density at radius 3 is 2.42 bits per heavy atom. The van der Waals surface area contributed by atoms with Crippen molar-refractivity contribution in [2.75, 3.05) is 0 Å². The van der Waals surface area contributed by atoms with Gasteiger partial charge in [0.2, 0.25) is 0 Å². The molecule has 1 unspecified atom stereocenters. The van der Waals surface area contributed by atoms with Gasteiger partial charge >= 0.3 is 0 Å². The molecule has 2 aromatic heterocycles. The van der Waals surface area contributed by atoms with E-state index in [2.05, 4.69) is 15.0 Å². The lowest BCUT2D eigenvalue weighted by atomic mass is 10.0. The quantitative estimate of drug-likeness (QED) is 0.776. The normalized spacial score (nSPS) is 12.5. The van der Waals surface area contributed by atoms with Crippen LogP contribution >= 0.6 is 0 Å². The van der Waals surface area contributed by atoms with E-state index >= 15 is 0 Å². The van der Waals surface area contributed by atoms with Crippen molar-refractivity contribution in [1.29, 1.82) is 0 Å². The highest BCUT2D eigenvalue weighted by Gasteiger charge is 2.09. The van der Waals surface area contributed by atoms with Gasteiger partial charge < -0.3 is 5.11 Å². The first-order chi connectivity index (χ1) is 9.33. The molecule has 0 spiro atoms. The van der Waals surface area contributed by atoms with Gasteiger partial charge in [0.05, 0.1) is 17.1 Å². The van der Waals surface area contributed by atoms with Crippen molar-refractivity contribution < 1.29 is 5.11 Å². The van der Waals surface area contributed by atoms with Crippen LogP contribution in [0.5, 0.6) is 0 Å². The molecular formula is C15H13N3O. The molecule has 94 valence electrons. The zero-order valence-electron chi connectivity index (χ0n) is 10.3. The molecule has 3 aromatic rings. The summed E-state index contributed by atoms with van der Waals surface area (Å²) in [7, 11) is 0. The third-order valence-corrected chi connectivity index (χ3v) is 3.06. The van der Waals surface area contributed by atoms with E-state index in [0.717, 1.165) is 22.2 Å². The summed E-state index contributed by atoms with van der Waals surface area (Å²) in [6.07, 6.45) is 6.79. The molecule has 0 radical (unpaired) electrons. The van der Waals surface area contributed by atoms with Gasteiger partial charge in [-0.2, -0.15) is 0 Å². The second-order valence-electron chi connectivity index (χ2n) is 4.38. The molecule has 0 aliphatic rings. The number of aliphatic hydroxyl groups is 1. The van der Waals surface area contributed by atoms with Crippen molar-refractivity contribution in [3.8, 4) is 0 Å². The number of hydrogen-bond donors (Lipinski definition) is 1. The van der Waals surface area contributed by atoms with Crippen LogP contribution in [0.1, 0.15) is 17.2 Å². The number of fused-ring (bicyclic) bond motifs is 1. The van der Waals surface area contributed by atoms with E-state index in [-0.39, 0.29) is 0 Å². The number of aliphatic hydroxyl groups excluding tert-OH is 1. The lowest BCUT2D eigenvalue weighted by Gasteiger charge is -2.11. The van der Waals surface area contributed by atoms with Crippen LogP contribution in [-0.4, -0.2) is 20.1 Å². The first kappa shape index (κ1) is 11.7. The Bertz CT molecular complexity index is 685. The van der Waals surface area contributed by atoms with E-state index in [4.69, 9.17) is 0 Å². The van der Waals surface area contributed by atoms with Crippen molar-refractivity contribution in [1.82, 2.24) is 15.0 Å². The molecule has 2 heterocycles. The molecule has 1 N–H and O–H groups in total. The number of hydrogen-bond acceptors (Lipinski definition) is 4. The number of benzene rings is 1. The van der Waals surface area contributed by atoms with Crippen LogP contribution in [0.15, 0.2) is 55.1 Å². The summed E-state index contributed by atoms with van der Waals surface area (Å²) in [5.74, 6) is 0. The molecule has 0 fully saturated rings. The standard InChI is InChI=1S/C15H13N3O/c19-15(9-11-3-5-16-6-4-11)12-1-2-13-14(10-12)18-8-7-17-13/h1-8,10,15,19H,9H2. The third kappa shape index (κ3) is 2.58. The Hall–Kier alpha value is -2.33. The minimum atomic E-state index is -0.547. The van der Waals surface area contributed by atoms with Crippen molar-refractivity contribution in [2.24, 2.45) is 0 Å². The molecule has 0 aliphatic carbocycles. The molecule has 1 atom stereocenters. The third-order valence-electron chi connectivity index (χ3n) is 3.06. The van der Waals surface area contributed by atoms with Crippen molar-refractivity contribution in [2.45, 2.75) is 12.5 Å². The molecule has 0 amide bonds. The van der Waals surface area contributed by atoms with E-state index in [9.17, 15) is 5.11 Å². The summed E-state index contributed by atoms with van der Waals surface area (Å²) in [6.45, 7) is 0. The number of pyridine rings is 1. The van der Waals surface area contributed by atoms with Crippen LogP contribution in [-0.2, 0) is 6.42 Å². The van der Waals surface area contributed by atoms with Gasteiger partial charge in [0.1, 0.15) is 0 Å². The fraction of sp³-hybridized carbons (Fsp3) is 0.133. The largest absolute Gasteiger partial charge is 0.388 e. The van der Waals surface area contributed by atoms with Crippen LogP contribution in [0.2, 0.25) is 0 Å². The zero-order valence-corrected chi connectivity index (χ0v) is 10.3. The van der Waals surface area contributed by atoms with Crippen molar-refractivity contribution in [3.63, 3.8) is 0 Å². The predicted molar refractivity (Wildman–Crippen MR) is 72.4 cm³/mol. The molecule has 0 saturated carbocycles. The van der Waals surface area contributed by atoms with Gasteiger partial charge in [-0.05, 0) is 35.4 Å². The minimum Gasteiger partial charge on any atom is -0.388 e. The van der Waals surface area contributed by atoms with E-state index in [1.54, 1.807) is 24.8 Å². The summed E-state index contributed by atoms with van der Waals surface area (Å²) in [6, 6.07) is 9.47. The van der Waals surface area contributed by atoms with E-state index in [1.807, 2.05) is 30.3 Å². The van der Waals surface area contributed by atoms with Crippen molar-refractivity contribution >= 4 is 11.0 Å². The van der Waals surface area contributed by atoms with Crippen LogP contribution in [0.25, 0.3) is 11.0 Å². The van der Waals surface area contributed by atoms with E-state index in [1.165, 1.54) is 0 Å². The van der Waals surface area contributed by atoms with E-state index in [0.29, 0.717) is 6.42 Å². The average molecular weight is 251 g/mol. The first-order valence-electron chi connectivity index (χ1n) is 6.10. The zero-order chi connectivity index (χ0) is 13.1. The highest BCUT2D eigenvalue weighted by Crippen LogP contribution is 2.20. The summed E-state index contributed by atoms with van der Waals surface area (Å²) in [5, 5.41) is 10.3. The maximum atomic E-state index is 10.3. The Balaban J connectivity index is 1.87. The Kier molecular flexibility index (Phi) is 3.16. The average Bonchev–Trinajstić information content (AvgIpc) is 2.48. The van der Waals surface area contributed by atoms with Gasteiger partial charge in [0.25, 0.3) is 0 Å². The number of aromatic nitrogens is 3. The molecule has 0 aliphatic heterocycles. The Morgan fingerprint density at radius 2 is 1.63 bits per heavy atom. The number of nitrogens with zero attached hydrogens (tertiary/aromatic N) is 3. The summed E-state index contributed by atoms with van der Waals surface area (Å²) >= 11 is 0. The SMILES string of the molecule is OC(Cc1ccncc1)c1ccc2nccnc2c1. The van der Waals surface area contributed by atoms with Gasteiger partial charge in [-0.15, -0.1) is 0 Å². The van der Waals surface area contributed by atoms with E-state index < -0.39 is 6.10 Å².